The van der Waals surface area contributed by atoms with E-state index in [0.717, 1.165) is 44.0 Å². The number of hydrogen-bond donors (Lipinski definition) is 1. The molecule has 2 heterocycles. The highest BCUT2D eigenvalue weighted by Crippen LogP contribution is 2.10. The highest BCUT2D eigenvalue weighted by Gasteiger charge is 2.14. The quantitative estimate of drug-likeness (QED) is 0.815. The van der Waals surface area contributed by atoms with E-state index >= 15 is 0 Å². The summed E-state index contributed by atoms with van der Waals surface area (Å²) in [6.07, 6.45) is 3.45. The molecule has 0 atom stereocenters. The van der Waals surface area contributed by atoms with Gasteiger partial charge in [0.25, 0.3) is 0 Å². The van der Waals surface area contributed by atoms with Crippen LogP contribution in [0.2, 0.25) is 0 Å². The molecule has 0 aliphatic carbocycles. The van der Waals surface area contributed by atoms with Gasteiger partial charge in [-0.3, -0.25) is 4.68 Å². The Hall–Kier alpha value is -0.940. The van der Waals surface area contributed by atoms with Gasteiger partial charge in [-0.2, -0.15) is 5.10 Å². The second-order valence-electron chi connectivity index (χ2n) is 4.18. The maximum absolute atomic E-state index is 5.84. The summed E-state index contributed by atoms with van der Waals surface area (Å²) in [5, 5.41) is 7.63. The molecule has 0 bridgehead atoms. The smallest absolute Gasteiger partial charge is 0.152 e. The molecule has 1 aromatic rings. The third-order valence-corrected chi connectivity index (χ3v) is 2.95. The zero-order valence-electron chi connectivity index (χ0n) is 10.1. The van der Waals surface area contributed by atoms with Crippen molar-refractivity contribution < 1.29 is 4.74 Å². The minimum Gasteiger partial charge on any atom is -0.370 e. The Labute approximate surface area is 96.2 Å². The van der Waals surface area contributed by atoms with Crippen LogP contribution in [0.1, 0.15) is 31.4 Å². The first-order valence-electron chi connectivity index (χ1n) is 6.00. The number of nitrogens with one attached hydrogen (secondary N) is 1. The van der Waals surface area contributed by atoms with Gasteiger partial charge in [0.2, 0.25) is 0 Å². The summed E-state index contributed by atoms with van der Waals surface area (Å²) in [7, 11) is 1.92. The Bertz CT molecular complexity index is 331. The first kappa shape index (κ1) is 11.5. The summed E-state index contributed by atoms with van der Waals surface area (Å²) >= 11 is 0. The average molecular weight is 224 g/mol. The molecular formula is C11H20N4O. The number of nitrogens with zero attached hydrogens (tertiary/aromatic N) is 3. The van der Waals surface area contributed by atoms with Crippen LogP contribution in [0.4, 0.5) is 0 Å². The van der Waals surface area contributed by atoms with Gasteiger partial charge < -0.3 is 10.1 Å². The third-order valence-electron chi connectivity index (χ3n) is 2.95. The minimum absolute atomic E-state index is 0.378. The lowest BCUT2D eigenvalue weighted by Gasteiger charge is -2.22. The molecule has 0 unspecified atom stereocenters. The lowest BCUT2D eigenvalue weighted by molar-refractivity contribution is 0.0164. The van der Waals surface area contributed by atoms with Gasteiger partial charge in [0.05, 0.1) is 6.10 Å². The molecule has 0 aromatic carbocycles. The number of ether oxygens (including phenoxy) is 1. The maximum Gasteiger partial charge on any atom is 0.152 e. The monoisotopic (exact) mass is 224 g/mol. The number of piperidine rings is 1. The fourth-order valence-corrected chi connectivity index (χ4v) is 1.90. The molecule has 90 valence electrons. The number of hydrogen-bond acceptors (Lipinski definition) is 4. The molecule has 1 aromatic heterocycles. The van der Waals surface area contributed by atoms with Crippen molar-refractivity contribution in [3.05, 3.63) is 11.6 Å². The second kappa shape index (κ2) is 5.41. The van der Waals surface area contributed by atoms with Gasteiger partial charge in [-0.25, -0.2) is 4.98 Å². The van der Waals surface area contributed by atoms with Crippen molar-refractivity contribution in [3.63, 3.8) is 0 Å². The van der Waals surface area contributed by atoms with Gasteiger partial charge in [-0.1, -0.05) is 6.92 Å². The molecule has 5 nitrogen and oxygen atoms in total. The zero-order chi connectivity index (χ0) is 11.4. The molecule has 16 heavy (non-hydrogen) atoms. The molecule has 1 aliphatic rings. The lowest BCUT2D eigenvalue weighted by atomic mass is 10.1. The van der Waals surface area contributed by atoms with Crippen molar-refractivity contribution in [3.8, 4) is 0 Å². The molecule has 1 aliphatic heterocycles. The van der Waals surface area contributed by atoms with Gasteiger partial charge in [0, 0.05) is 13.5 Å². The Morgan fingerprint density at radius 2 is 2.19 bits per heavy atom. The number of aromatic nitrogens is 3. The van der Waals surface area contributed by atoms with Crippen molar-refractivity contribution in [2.75, 3.05) is 13.1 Å². The summed E-state index contributed by atoms with van der Waals surface area (Å²) in [6, 6.07) is 0. The summed E-state index contributed by atoms with van der Waals surface area (Å²) in [5.74, 6) is 1.82. The topological polar surface area (TPSA) is 52.0 Å². The summed E-state index contributed by atoms with van der Waals surface area (Å²) in [5.41, 5.74) is 0. The molecule has 1 saturated heterocycles. The molecule has 0 amide bonds. The molecule has 5 heteroatoms. The van der Waals surface area contributed by atoms with Gasteiger partial charge >= 0.3 is 0 Å². The SMILES string of the molecule is CCc1nc(COC2CCNCC2)n(C)n1. The van der Waals surface area contributed by atoms with Crippen LogP contribution in [0.5, 0.6) is 0 Å². The first-order valence-corrected chi connectivity index (χ1v) is 6.00. The molecule has 1 fully saturated rings. The maximum atomic E-state index is 5.84. The van der Waals surface area contributed by atoms with Crippen LogP contribution in [0.25, 0.3) is 0 Å². The van der Waals surface area contributed by atoms with E-state index in [1.165, 1.54) is 0 Å². The molecule has 0 radical (unpaired) electrons. The van der Waals surface area contributed by atoms with Crippen LogP contribution < -0.4 is 5.32 Å². The van der Waals surface area contributed by atoms with Crippen LogP contribution in [-0.2, 0) is 24.8 Å². The van der Waals surface area contributed by atoms with Crippen LogP contribution in [0, 0.1) is 0 Å². The van der Waals surface area contributed by atoms with E-state index in [2.05, 4.69) is 22.3 Å². The fraction of sp³-hybridized carbons (Fsp3) is 0.818. The predicted molar refractivity (Wildman–Crippen MR) is 61.1 cm³/mol. The van der Waals surface area contributed by atoms with Crippen LogP contribution in [-0.4, -0.2) is 34.0 Å². The van der Waals surface area contributed by atoms with Crippen LogP contribution in [0.3, 0.4) is 0 Å². The van der Waals surface area contributed by atoms with Gasteiger partial charge in [-0.15, -0.1) is 0 Å². The third kappa shape index (κ3) is 2.80. The summed E-state index contributed by atoms with van der Waals surface area (Å²) < 4.78 is 7.66. The summed E-state index contributed by atoms with van der Waals surface area (Å²) in [4.78, 5) is 4.42. The van der Waals surface area contributed by atoms with Crippen LogP contribution in [0.15, 0.2) is 0 Å². The predicted octanol–water partition coefficient (Wildman–Crippen LogP) is 0.646. The fourth-order valence-electron chi connectivity index (χ4n) is 1.90. The average Bonchev–Trinajstić information content (AvgIpc) is 2.69. The minimum atomic E-state index is 0.378. The largest absolute Gasteiger partial charge is 0.370 e. The first-order chi connectivity index (χ1) is 7.79. The normalized spacial score (nSPS) is 17.9. The zero-order valence-corrected chi connectivity index (χ0v) is 10.1. The van der Waals surface area contributed by atoms with E-state index in [4.69, 9.17) is 4.74 Å². The van der Waals surface area contributed by atoms with Gasteiger partial charge in [0.1, 0.15) is 6.61 Å². The number of rotatable bonds is 4. The van der Waals surface area contributed by atoms with E-state index in [9.17, 15) is 0 Å². The van der Waals surface area contributed by atoms with Crippen molar-refractivity contribution in [1.82, 2.24) is 20.1 Å². The van der Waals surface area contributed by atoms with Crippen molar-refractivity contribution in [2.45, 2.75) is 38.9 Å². The lowest BCUT2D eigenvalue weighted by Crippen LogP contribution is -2.32. The Kier molecular flexibility index (Phi) is 3.90. The molecule has 0 saturated carbocycles. The highest BCUT2D eigenvalue weighted by molar-refractivity contribution is 4.90. The molecular weight excluding hydrogens is 204 g/mol. The second-order valence-corrected chi connectivity index (χ2v) is 4.18. The highest BCUT2D eigenvalue weighted by atomic mass is 16.5. The van der Waals surface area contributed by atoms with Crippen LogP contribution >= 0.6 is 0 Å². The Morgan fingerprint density at radius 3 is 2.81 bits per heavy atom. The molecule has 2 rings (SSSR count). The number of aryl methyl sites for hydroxylation is 2. The van der Waals surface area contributed by atoms with E-state index < -0.39 is 0 Å². The van der Waals surface area contributed by atoms with E-state index in [0.29, 0.717) is 12.7 Å². The Morgan fingerprint density at radius 1 is 1.44 bits per heavy atom. The van der Waals surface area contributed by atoms with Gasteiger partial charge in [0.15, 0.2) is 11.6 Å². The van der Waals surface area contributed by atoms with Crippen molar-refractivity contribution in [1.29, 1.82) is 0 Å². The van der Waals surface area contributed by atoms with Gasteiger partial charge in [-0.05, 0) is 25.9 Å². The van der Waals surface area contributed by atoms with Crippen molar-refractivity contribution in [2.24, 2.45) is 7.05 Å². The van der Waals surface area contributed by atoms with E-state index in [1.807, 2.05) is 11.7 Å². The Balaban J connectivity index is 1.85. The molecule has 0 spiro atoms. The van der Waals surface area contributed by atoms with E-state index in [-0.39, 0.29) is 0 Å². The van der Waals surface area contributed by atoms with E-state index in [1.54, 1.807) is 0 Å². The van der Waals surface area contributed by atoms with Crippen molar-refractivity contribution >= 4 is 0 Å². The molecule has 1 N–H and O–H groups in total. The summed E-state index contributed by atoms with van der Waals surface area (Å²) in [6.45, 7) is 4.76. The standard InChI is InChI=1S/C11H20N4O/c1-3-10-13-11(15(2)14-10)8-16-9-4-6-12-7-5-9/h9,12H,3-8H2,1-2H3.